The van der Waals surface area contributed by atoms with E-state index in [0.717, 1.165) is 44.7 Å². The van der Waals surface area contributed by atoms with Gasteiger partial charge in [0.25, 0.3) is 5.69 Å². The van der Waals surface area contributed by atoms with Gasteiger partial charge in [-0.15, -0.1) is 5.11 Å². The molecule has 1 saturated heterocycles. The number of benzene rings is 3. The fraction of sp³-hybridized carbons (Fsp3) is 0.500. The Morgan fingerprint density at radius 1 is 0.674 bits per heavy atom. The van der Waals surface area contributed by atoms with Crippen LogP contribution in [-0.4, -0.2) is 49.2 Å². The van der Waals surface area contributed by atoms with E-state index in [0.29, 0.717) is 29.4 Å². The monoisotopic (exact) mass is 627 g/mol. The Kier molecular flexibility index (Phi) is 14.6. The number of rotatable bonds is 19. The first kappa shape index (κ1) is 34.7. The quantitative estimate of drug-likeness (QED) is 0.0568. The molecule has 1 aliphatic rings. The predicted octanol–water partition coefficient (Wildman–Crippen LogP) is 10.9. The van der Waals surface area contributed by atoms with Gasteiger partial charge in [-0.1, -0.05) is 65.2 Å². The number of hydrogen-bond acceptors (Lipinski definition) is 9. The van der Waals surface area contributed by atoms with Crippen LogP contribution in [0.25, 0.3) is 0 Å². The van der Waals surface area contributed by atoms with Gasteiger partial charge in [0.15, 0.2) is 0 Å². The summed E-state index contributed by atoms with van der Waals surface area (Å²) in [7, 11) is 0. The molecule has 0 N–H and O–H groups in total. The number of ether oxygens (including phenoxy) is 1. The van der Waals surface area contributed by atoms with Crippen molar-refractivity contribution in [2.45, 2.75) is 78.1 Å². The molecule has 0 unspecified atom stereocenters. The van der Waals surface area contributed by atoms with Crippen molar-refractivity contribution in [3.05, 3.63) is 76.8 Å². The Balaban J connectivity index is 1.36. The highest BCUT2D eigenvalue weighted by Crippen LogP contribution is 2.34. The van der Waals surface area contributed by atoms with Gasteiger partial charge in [0.1, 0.15) is 11.4 Å². The fourth-order valence-corrected chi connectivity index (χ4v) is 5.42. The summed E-state index contributed by atoms with van der Waals surface area (Å²) in [6.07, 6.45) is 12.3. The van der Waals surface area contributed by atoms with Crippen LogP contribution in [0.2, 0.25) is 0 Å². The molecular weight excluding hydrogens is 578 g/mol. The molecule has 3 aromatic carbocycles. The molecule has 1 aliphatic heterocycles. The van der Waals surface area contributed by atoms with Crippen molar-refractivity contribution >= 4 is 34.1 Å². The smallest absolute Gasteiger partial charge is 0.269 e. The van der Waals surface area contributed by atoms with Crippen LogP contribution in [0.15, 0.2) is 87.2 Å². The highest BCUT2D eigenvalue weighted by Gasteiger charge is 2.16. The van der Waals surface area contributed by atoms with E-state index in [1.807, 2.05) is 30.3 Å². The minimum atomic E-state index is -0.436. The first-order valence-electron chi connectivity index (χ1n) is 17.0. The second-order valence-corrected chi connectivity index (χ2v) is 11.8. The lowest BCUT2D eigenvalue weighted by Gasteiger charge is -2.36. The molecule has 0 bridgehead atoms. The summed E-state index contributed by atoms with van der Waals surface area (Å²) < 4.78 is 6.14. The molecule has 1 fully saturated rings. The standard InChI is InChI=1S/C36H49N7O3/c1-3-5-7-9-10-12-28-46-36-29-32(17-22-35(36)40-38-31-15-20-34(21-16-31)43(44)45)39-37-30-13-18-33(19-14-30)42-26-24-41(25-27-42)23-11-8-6-4-2/h13-22,29H,3-12,23-28H2,1-2H3. The van der Waals surface area contributed by atoms with Gasteiger partial charge >= 0.3 is 0 Å². The zero-order valence-electron chi connectivity index (χ0n) is 27.5. The third kappa shape index (κ3) is 11.6. The average Bonchev–Trinajstić information content (AvgIpc) is 3.09. The van der Waals surface area contributed by atoms with Crippen molar-refractivity contribution in [3.8, 4) is 5.75 Å². The highest BCUT2D eigenvalue weighted by atomic mass is 16.6. The molecule has 0 aromatic heterocycles. The number of hydrogen-bond donors (Lipinski definition) is 0. The number of unbranched alkanes of at least 4 members (excludes halogenated alkanes) is 8. The lowest BCUT2D eigenvalue weighted by atomic mass is 10.1. The summed E-state index contributed by atoms with van der Waals surface area (Å²) in [6.45, 7) is 10.6. The van der Waals surface area contributed by atoms with Crippen molar-refractivity contribution in [2.75, 3.05) is 44.2 Å². The number of anilines is 1. The van der Waals surface area contributed by atoms with Gasteiger partial charge < -0.3 is 9.64 Å². The third-order valence-electron chi connectivity index (χ3n) is 8.23. The van der Waals surface area contributed by atoms with Crippen LogP contribution in [0.1, 0.15) is 78.1 Å². The highest BCUT2D eigenvalue weighted by molar-refractivity contribution is 5.59. The van der Waals surface area contributed by atoms with E-state index in [2.05, 4.69) is 56.2 Å². The van der Waals surface area contributed by atoms with Crippen LogP contribution in [0, 0.1) is 10.1 Å². The van der Waals surface area contributed by atoms with Crippen molar-refractivity contribution in [3.63, 3.8) is 0 Å². The van der Waals surface area contributed by atoms with Crippen LogP contribution in [0.5, 0.6) is 5.75 Å². The van der Waals surface area contributed by atoms with E-state index in [-0.39, 0.29) is 5.69 Å². The van der Waals surface area contributed by atoms with Crippen molar-refractivity contribution in [2.24, 2.45) is 20.5 Å². The van der Waals surface area contributed by atoms with E-state index in [1.54, 1.807) is 12.1 Å². The molecule has 0 radical (unpaired) electrons. The van der Waals surface area contributed by atoms with Crippen LogP contribution in [-0.2, 0) is 0 Å². The molecule has 1 heterocycles. The maximum Gasteiger partial charge on any atom is 0.269 e. The molecule has 10 heteroatoms. The molecule has 10 nitrogen and oxygen atoms in total. The number of nitro groups is 1. The van der Waals surface area contributed by atoms with E-state index >= 15 is 0 Å². The van der Waals surface area contributed by atoms with Gasteiger partial charge in [0, 0.05) is 50.1 Å². The first-order valence-corrected chi connectivity index (χ1v) is 17.0. The topological polar surface area (TPSA) is 108 Å². The fourth-order valence-electron chi connectivity index (χ4n) is 5.42. The van der Waals surface area contributed by atoms with Gasteiger partial charge in [0.05, 0.1) is 28.6 Å². The Bertz CT molecular complexity index is 1390. The number of piperazine rings is 1. The Morgan fingerprint density at radius 2 is 1.24 bits per heavy atom. The van der Waals surface area contributed by atoms with Gasteiger partial charge in [-0.05, 0) is 67.9 Å². The summed E-state index contributed by atoms with van der Waals surface area (Å²) in [4.78, 5) is 15.6. The molecule has 4 rings (SSSR count). The second-order valence-electron chi connectivity index (χ2n) is 11.8. The molecule has 0 amide bonds. The lowest BCUT2D eigenvalue weighted by Crippen LogP contribution is -2.46. The summed E-state index contributed by atoms with van der Waals surface area (Å²) in [5.41, 5.74) is 3.76. The second kappa shape index (κ2) is 19.4. The maximum atomic E-state index is 11.0. The van der Waals surface area contributed by atoms with Gasteiger partial charge in [-0.25, -0.2) is 0 Å². The predicted molar refractivity (Wildman–Crippen MR) is 186 cm³/mol. The zero-order chi connectivity index (χ0) is 32.4. The van der Waals surface area contributed by atoms with E-state index in [9.17, 15) is 10.1 Å². The van der Waals surface area contributed by atoms with Crippen molar-refractivity contribution < 1.29 is 9.66 Å². The van der Waals surface area contributed by atoms with Crippen LogP contribution in [0.3, 0.4) is 0 Å². The van der Waals surface area contributed by atoms with Crippen LogP contribution in [0.4, 0.5) is 34.1 Å². The minimum absolute atomic E-state index is 0.0117. The number of nitrogens with zero attached hydrogens (tertiary/aromatic N) is 7. The van der Waals surface area contributed by atoms with E-state index in [4.69, 9.17) is 4.74 Å². The molecule has 0 spiro atoms. The summed E-state index contributed by atoms with van der Waals surface area (Å²) in [6, 6.07) is 19.7. The molecular formula is C36H49N7O3. The molecule has 0 saturated carbocycles. The van der Waals surface area contributed by atoms with Gasteiger partial charge in [-0.2, -0.15) is 15.3 Å². The number of azo groups is 2. The summed E-state index contributed by atoms with van der Waals surface area (Å²) in [5, 5.41) is 28.6. The summed E-state index contributed by atoms with van der Waals surface area (Å²) >= 11 is 0. The number of nitro benzene ring substituents is 1. The summed E-state index contributed by atoms with van der Waals surface area (Å²) in [5.74, 6) is 0.579. The van der Waals surface area contributed by atoms with Gasteiger partial charge in [0.2, 0.25) is 0 Å². The Labute approximate surface area is 273 Å². The first-order chi connectivity index (χ1) is 22.6. The van der Waals surface area contributed by atoms with Crippen molar-refractivity contribution in [1.29, 1.82) is 0 Å². The maximum absolute atomic E-state index is 11.0. The Hall–Kier alpha value is -4.18. The van der Waals surface area contributed by atoms with Crippen molar-refractivity contribution in [1.82, 2.24) is 4.90 Å². The Morgan fingerprint density at radius 3 is 1.91 bits per heavy atom. The average molecular weight is 628 g/mol. The zero-order valence-corrected chi connectivity index (χ0v) is 27.5. The minimum Gasteiger partial charge on any atom is -0.491 e. The van der Waals surface area contributed by atoms with Crippen LogP contribution < -0.4 is 9.64 Å². The lowest BCUT2D eigenvalue weighted by molar-refractivity contribution is -0.384. The number of non-ortho nitro benzene ring substituents is 1. The molecule has 0 atom stereocenters. The largest absolute Gasteiger partial charge is 0.491 e. The van der Waals surface area contributed by atoms with E-state index < -0.39 is 4.92 Å². The molecule has 46 heavy (non-hydrogen) atoms. The van der Waals surface area contributed by atoms with Crippen LogP contribution >= 0.6 is 0 Å². The molecule has 3 aromatic rings. The third-order valence-corrected chi connectivity index (χ3v) is 8.23. The molecule has 0 aliphatic carbocycles. The normalized spacial score (nSPS) is 14.0. The van der Waals surface area contributed by atoms with Gasteiger partial charge in [-0.3, -0.25) is 15.0 Å². The van der Waals surface area contributed by atoms with E-state index in [1.165, 1.54) is 75.7 Å². The molecule has 246 valence electrons. The SMILES string of the molecule is CCCCCCCCOc1cc(N=Nc2ccc(N3CCN(CCCCCC)CC3)cc2)ccc1N=Nc1ccc([N+](=O)[O-])cc1.